The second-order valence-corrected chi connectivity index (χ2v) is 27.2. The first-order chi connectivity index (χ1) is 43.9. The van der Waals surface area contributed by atoms with Crippen molar-refractivity contribution in [3.8, 4) is 34.4 Å². The standard InChI is InChI=1S/C23H32N2O4.C18H18N2O5S.C16H17N3O5S.C8H6Cl2O3/c1-7-16-13-15(3)14-17(8-2)18(16)19-20(26)24-9-11-28-12-10-25(24)21(19)29-22(27)23(4,5)6;1-25-16-5-3-2-4-15(16)18(22)20-26(23,24)14-10-6-12(7-11-14)17(21)19-13-8-9-13;1-9-10(15(20)11-8-17-19(2)16(11)21)4-5-13(25(3,22)23)14(9)12-6-7-24-18-12;9-5-1-2-7(6(10)3-5)13-4-8(11)12/h13-14H,7-12H2,1-6H3;2-7,10-11,13H,8-9H2,1H3,(H,19,21)(H,20,22);4-5,8,21H,6-7H2,1-3H3;1-3H,4H2,(H,11,12). The molecule has 4 N–H and O–H groups in total. The molecule has 3 aliphatic rings. The van der Waals surface area contributed by atoms with Crippen LogP contribution in [0.25, 0.3) is 11.1 Å². The molecule has 0 spiro atoms. The van der Waals surface area contributed by atoms with Gasteiger partial charge in [-0.2, -0.15) is 5.10 Å². The number of aliphatic carboxylic acids is 1. The highest BCUT2D eigenvalue weighted by Crippen LogP contribution is 2.37. The summed E-state index contributed by atoms with van der Waals surface area (Å²) in [7, 11) is -4.68. The molecule has 1 aliphatic carbocycles. The van der Waals surface area contributed by atoms with E-state index in [1.54, 1.807) is 40.6 Å². The number of halogens is 2. The van der Waals surface area contributed by atoms with Crippen LogP contribution in [0.5, 0.6) is 23.3 Å². The lowest BCUT2D eigenvalue weighted by atomic mass is 9.91. The number of carbonyl (C=O) groups excluding carboxylic acids is 4. The molecule has 1 fully saturated rings. The Morgan fingerprint density at radius 2 is 1.43 bits per heavy atom. The number of nitrogens with zero attached hydrogens (tertiary/aromatic N) is 5. The van der Waals surface area contributed by atoms with E-state index >= 15 is 0 Å². The average molecular weight is 1360 g/mol. The molecule has 4 heterocycles. The summed E-state index contributed by atoms with van der Waals surface area (Å²) in [4.78, 5) is 78.5. The van der Waals surface area contributed by atoms with Crippen LogP contribution < -0.4 is 29.8 Å². The van der Waals surface area contributed by atoms with Gasteiger partial charge in [0.15, 0.2) is 22.2 Å². The van der Waals surface area contributed by atoms with Crippen molar-refractivity contribution in [3.63, 3.8) is 0 Å². The largest absolute Gasteiger partial charge is 0.496 e. The maximum atomic E-state index is 13.5. The molecule has 93 heavy (non-hydrogen) atoms. The number of amides is 2. The first-order valence-corrected chi connectivity index (χ1v) is 33.5. The Hall–Kier alpha value is -8.82. The number of carboxylic acids is 1. The lowest BCUT2D eigenvalue weighted by Crippen LogP contribution is -2.31. The van der Waals surface area contributed by atoms with Crippen molar-refractivity contribution in [1.29, 1.82) is 0 Å². The second kappa shape index (κ2) is 30.7. The van der Waals surface area contributed by atoms with Crippen LogP contribution in [0, 0.1) is 19.3 Å². The Morgan fingerprint density at radius 1 is 0.785 bits per heavy atom. The first-order valence-electron chi connectivity index (χ1n) is 29.4. The number of carboxylic acid groups (broad SMARTS) is 1. The van der Waals surface area contributed by atoms with Crippen molar-refractivity contribution < 1.29 is 74.8 Å². The number of ether oxygens (including phenoxy) is 4. The fourth-order valence-corrected chi connectivity index (χ4v) is 12.1. The van der Waals surface area contributed by atoms with Crippen LogP contribution in [0.3, 0.4) is 0 Å². The number of esters is 1. The molecule has 496 valence electrons. The Kier molecular flexibility index (Phi) is 23.7. The Labute approximate surface area is 548 Å². The molecule has 0 radical (unpaired) electrons. The SMILES string of the molecule is CCc1cc(C)cc(CC)c1-c1c(OC(=O)C(C)(C)C)n2n(c1=O)CCOCC2.COc1ccccc1C(=O)NS(=O)(=O)c1ccc(C(=O)NC2CC2)cc1.Cc1c(C(=O)c2cnn(C)c2O)ccc(S(C)(=O)=O)c1C1=NOCC1.O=C(O)COc1ccc(Cl)cc1Cl. The van der Waals surface area contributed by atoms with Gasteiger partial charge in [-0.1, -0.05) is 72.0 Å². The molecule has 0 atom stereocenters. The van der Waals surface area contributed by atoms with E-state index in [1.807, 2.05) is 25.5 Å². The molecule has 0 bridgehead atoms. The predicted molar refractivity (Wildman–Crippen MR) is 347 cm³/mol. The van der Waals surface area contributed by atoms with Gasteiger partial charge < -0.3 is 39.3 Å². The Bertz CT molecular complexity index is 4280. The van der Waals surface area contributed by atoms with E-state index in [4.69, 9.17) is 52.1 Å². The molecule has 2 amide bonds. The first kappa shape index (κ1) is 71.6. The van der Waals surface area contributed by atoms with Crippen LogP contribution in [0.2, 0.25) is 10.0 Å². The highest BCUT2D eigenvalue weighted by molar-refractivity contribution is 7.91. The smallest absolute Gasteiger partial charge is 0.341 e. The number of rotatable bonds is 17. The predicted octanol–water partition coefficient (Wildman–Crippen LogP) is 9.09. The van der Waals surface area contributed by atoms with Gasteiger partial charge in [-0.25, -0.2) is 40.4 Å². The summed E-state index contributed by atoms with van der Waals surface area (Å²) in [6, 6.07) is 23.6. The van der Waals surface area contributed by atoms with Crippen LogP contribution >= 0.6 is 23.2 Å². The summed E-state index contributed by atoms with van der Waals surface area (Å²) in [6.07, 6.45) is 6.36. The van der Waals surface area contributed by atoms with Crippen LogP contribution in [0.15, 0.2) is 117 Å². The highest BCUT2D eigenvalue weighted by Gasteiger charge is 2.33. The third kappa shape index (κ3) is 17.9. The Morgan fingerprint density at radius 3 is 1.98 bits per heavy atom. The van der Waals surface area contributed by atoms with E-state index in [9.17, 15) is 50.7 Å². The minimum Gasteiger partial charge on any atom is -0.496 e. The summed E-state index contributed by atoms with van der Waals surface area (Å²) in [6.45, 7) is 15.1. The van der Waals surface area contributed by atoms with Crippen LogP contribution in [0.4, 0.5) is 0 Å². The quantitative estimate of drug-likeness (QED) is 0.0488. The van der Waals surface area contributed by atoms with E-state index in [0.29, 0.717) is 89.0 Å². The fraction of sp³-hybridized carbons (Fsp3) is 0.354. The fourth-order valence-electron chi connectivity index (χ4n) is 9.70. The highest BCUT2D eigenvalue weighted by atomic mass is 35.5. The zero-order chi connectivity index (χ0) is 68.3. The van der Waals surface area contributed by atoms with Gasteiger partial charge >= 0.3 is 11.9 Å². The summed E-state index contributed by atoms with van der Waals surface area (Å²) < 4.78 is 77.1. The number of para-hydroxylation sites is 1. The van der Waals surface area contributed by atoms with Crippen molar-refractivity contribution in [2.45, 2.75) is 109 Å². The van der Waals surface area contributed by atoms with Crippen molar-refractivity contribution >= 4 is 78.3 Å². The molecule has 1 saturated carbocycles. The van der Waals surface area contributed by atoms with Gasteiger partial charge in [0, 0.05) is 47.5 Å². The second-order valence-electron chi connectivity index (χ2n) is 22.7. The van der Waals surface area contributed by atoms with Gasteiger partial charge in [0.2, 0.25) is 11.8 Å². The van der Waals surface area contributed by atoms with Crippen LogP contribution in [-0.4, -0.2) is 127 Å². The Balaban J connectivity index is 0.000000181. The summed E-state index contributed by atoms with van der Waals surface area (Å²) in [5.41, 5.74) is 6.14. The van der Waals surface area contributed by atoms with E-state index in [0.717, 1.165) is 48.6 Å². The number of benzene rings is 5. The van der Waals surface area contributed by atoms with Crippen molar-refractivity contribution in [1.82, 2.24) is 29.2 Å². The van der Waals surface area contributed by atoms with Gasteiger partial charge in [-0.05, 0) is 149 Å². The number of oxime groups is 1. The monoisotopic (exact) mass is 1360 g/mol. The van der Waals surface area contributed by atoms with Crippen LogP contribution in [0.1, 0.15) is 118 Å². The number of aryl methyl sites for hydroxylation is 4. The summed E-state index contributed by atoms with van der Waals surface area (Å²) in [5.74, 6) is -2.20. The average Bonchev–Trinajstić information content (AvgIpc) is 1.66. The topological polar surface area (TPSA) is 321 Å². The normalized spacial score (nSPS) is 13.5. The zero-order valence-electron chi connectivity index (χ0n) is 52.9. The number of aromatic nitrogens is 4. The lowest BCUT2D eigenvalue weighted by Gasteiger charge is -2.19. The third-order valence-corrected chi connectivity index (χ3v) is 17.6. The van der Waals surface area contributed by atoms with E-state index in [1.165, 1.54) is 85.2 Å². The molecular weight excluding hydrogens is 1290 g/mol. The molecule has 28 heteroatoms. The number of aromatic hydroxyl groups is 1. The number of ketones is 1. The van der Waals surface area contributed by atoms with E-state index < -0.39 is 49.5 Å². The van der Waals surface area contributed by atoms with Gasteiger partial charge in [-0.3, -0.25) is 24.0 Å². The number of carbonyl (C=O) groups is 5. The summed E-state index contributed by atoms with van der Waals surface area (Å²) >= 11 is 11.3. The van der Waals surface area contributed by atoms with E-state index in [-0.39, 0.29) is 61.6 Å². The minimum atomic E-state index is -4.07. The molecular formula is C65H73Cl2N7O17S2. The molecule has 0 unspecified atom stereocenters. The van der Waals surface area contributed by atoms with Crippen LogP contribution in [-0.2, 0) is 72.0 Å². The molecule has 5 aromatic carbocycles. The van der Waals surface area contributed by atoms with Gasteiger partial charge in [0.1, 0.15) is 29.2 Å². The minimum absolute atomic E-state index is 0.0493. The maximum absolute atomic E-state index is 13.5. The number of sulfonamides is 1. The molecule has 24 nitrogen and oxygen atoms in total. The molecule has 2 aliphatic heterocycles. The number of nitrogens with one attached hydrogen (secondary N) is 2. The van der Waals surface area contributed by atoms with E-state index in [2.05, 4.69) is 48.5 Å². The number of sulfone groups is 1. The van der Waals surface area contributed by atoms with Gasteiger partial charge in [-0.15, -0.1) is 0 Å². The molecule has 2 aromatic heterocycles. The molecule has 10 rings (SSSR count). The maximum Gasteiger partial charge on any atom is 0.341 e. The third-order valence-electron chi connectivity index (χ3n) is 14.6. The number of hydrogen-bond donors (Lipinski definition) is 4. The van der Waals surface area contributed by atoms with Crippen molar-refractivity contribution in [3.05, 3.63) is 168 Å². The zero-order valence-corrected chi connectivity index (χ0v) is 56.1. The number of fused-ring (bicyclic) bond motifs is 1. The van der Waals surface area contributed by atoms with Crippen molar-refractivity contribution in [2.75, 3.05) is 39.8 Å². The van der Waals surface area contributed by atoms with Gasteiger partial charge in [0.05, 0.1) is 71.1 Å². The number of methoxy groups -OCH3 is 1. The lowest BCUT2D eigenvalue weighted by molar-refractivity contribution is -0.143. The van der Waals surface area contributed by atoms with Gasteiger partial charge in [0.25, 0.3) is 27.4 Å². The molecule has 0 saturated heterocycles. The summed E-state index contributed by atoms with van der Waals surface area (Å²) in [5, 5.41) is 29.7. The molecule has 7 aromatic rings. The number of hydrogen-bond acceptors (Lipinski definition) is 18. The van der Waals surface area contributed by atoms with Crippen molar-refractivity contribution in [2.24, 2.45) is 17.6 Å².